The number of para-hydroxylation sites is 1. The molecule has 1 aromatic heterocycles. The number of anilines is 2. The van der Waals surface area contributed by atoms with Crippen molar-refractivity contribution in [2.24, 2.45) is 0 Å². The van der Waals surface area contributed by atoms with E-state index in [0.29, 0.717) is 6.04 Å². The van der Waals surface area contributed by atoms with E-state index in [1.807, 2.05) is 0 Å². The Morgan fingerprint density at radius 2 is 1.45 bits per heavy atom. The summed E-state index contributed by atoms with van der Waals surface area (Å²) in [5, 5.41) is 4.98. The normalized spacial score (nSPS) is 24.6. The SMILES string of the molecule is c1ccc2c(N3CCCCCC3)nc(N[C@@H]3CCCCN(C4CCCCC4)C3)nc2c1. The van der Waals surface area contributed by atoms with Gasteiger partial charge in [-0.15, -0.1) is 0 Å². The second-order valence-electron chi connectivity index (χ2n) is 9.91. The van der Waals surface area contributed by atoms with Gasteiger partial charge in [0.1, 0.15) is 5.82 Å². The van der Waals surface area contributed by atoms with E-state index in [9.17, 15) is 0 Å². The molecule has 1 aliphatic carbocycles. The quantitative estimate of drug-likeness (QED) is 0.695. The van der Waals surface area contributed by atoms with Crippen molar-refractivity contribution in [3.8, 4) is 0 Å². The van der Waals surface area contributed by atoms with E-state index < -0.39 is 0 Å². The Balaban J connectivity index is 1.37. The molecule has 1 N–H and O–H groups in total. The van der Waals surface area contributed by atoms with Gasteiger partial charge in [-0.1, -0.05) is 50.7 Å². The standard InChI is InChI=1S/C26H39N5/c1-2-10-18-30(17-9-1)25-23-15-6-7-16-24(23)28-26(29-25)27-21-12-8-11-19-31(20-21)22-13-4-3-5-14-22/h6-7,15-16,21-22H,1-5,8-14,17-20H2,(H,27,28,29)/t21-/m1/s1. The maximum atomic E-state index is 5.11. The lowest BCUT2D eigenvalue weighted by molar-refractivity contribution is 0.158. The Bertz CT molecular complexity index is 839. The molecule has 5 nitrogen and oxygen atoms in total. The highest BCUT2D eigenvalue weighted by Crippen LogP contribution is 2.29. The van der Waals surface area contributed by atoms with Gasteiger partial charge in [0.25, 0.3) is 0 Å². The molecule has 0 spiro atoms. The van der Waals surface area contributed by atoms with E-state index in [1.54, 1.807) is 0 Å². The van der Waals surface area contributed by atoms with Gasteiger partial charge in [0, 0.05) is 37.1 Å². The Morgan fingerprint density at radius 3 is 2.29 bits per heavy atom. The summed E-state index contributed by atoms with van der Waals surface area (Å²) in [6.07, 6.45) is 16.1. The zero-order valence-corrected chi connectivity index (χ0v) is 19.1. The van der Waals surface area contributed by atoms with Crippen LogP contribution in [0.5, 0.6) is 0 Å². The Hall–Kier alpha value is -1.88. The topological polar surface area (TPSA) is 44.3 Å². The van der Waals surface area contributed by atoms with Crippen LogP contribution < -0.4 is 10.2 Å². The van der Waals surface area contributed by atoms with E-state index in [0.717, 1.165) is 43.0 Å². The first-order valence-corrected chi connectivity index (χ1v) is 12.9. The van der Waals surface area contributed by atoms with Crippen LogP contribution >= 0.6 is 0 Å². The molecule has 3 fully saturated rings. The average Bonchev–Trinajstić information content (AvgIpc) is 3.22. The second-order valence-corrected chi connectivity index (χ2v) is 9.91. The van der Waals surface area contributed by atoms with Crippen molar-refractivity contribution in [3.63, 3.8) is 0 Å². The fraction of sp³-hybridized carbons (Fsp3) is 0.692. The van der Waals surface area contributed by atoms with Crippen molar-refractivity contribution in [2.75, 3.05) is 36.4 Å². The third-order valence-electron chi connectivity index (χ3n) is 7.62. The number of nitrogens with one attached hydrogen (secondary N) is 1. The number of likely N-dealkylation sites (tertiary alicyclic amines) is 1. The molecule has 1 atom stereocenters. The van der Waals surface area contributed by atoms with Crippen molar-refractivity contribution in [2.45, 2.75) is 89.1 Å². The van der Waals surface area contributed by atoms with Crippen molar-refractivity contribution in [1.29, 1.82) is 0 Å². The van der Waals surface area contributed by atoms with Crippen LogP contribution in [-0.2, 0) is 0 Å². The number of aromatic nitrogens is 2. The highest BCUT2D eigenvalue weighted by atomic mass is 15.3. The fourth-order valence-corrected chi connectivity index (χ4v) is 5.90. The van der Waals surface area contributed by atoms with E-state index in [1.165, 1.54) is 89.0 Å². The Kier molecular flexibility index (Phi) is 6.88. The lowest BCUT2D eigenvalue weighted by atomic mass is 9.94. The molecular formula is C26H39N5. The van der Waals surface area contributed by atoms with Crippen molar-refractivity contribution in [1.82, 2.24) is 14.9 Å². The number of benzene rings is 1. The minimum atomic E-state index is 0.447. The first kappa shape index (κ1) is 21.0. The van der Waals surface area contributed by atoms with Crippen LogP contribution in [0.4, 0.5) is 11.8 Å². The predicted octanol–water partition coefficient (Wildman–Crippen LogP) is 5.61. The summed E-state index contributed by atoms with van der Waals surface area (Å²) in [7, 11) is 0. The van der Waals surface area contributed by atoms with Gasteiger partial charge in [0.2, 0.25) is 5.95 Å². The summed E-state index contributed by atoms with van der Waals surface area (Å²) in [4.78, 5) is 15.3. The van der Waals surface area contributed by atoms with Crippen LogP contribution in [0, 0.1) is 0 Å². The fourth-order valence-electron chi connectivity index (χ4n) is 5.90. The highest BCUT2D eigenvalue weighted by molar-refractivity contribution is 5.90. The first-order chi connectivity index (χ1) is 15.4. The molecule has 0 unspecified atom stereocenters. The number of fused-ring (bicyclic) bond motifs is 1. The lowest BCUT2D eigenvalue weighted by Gasteiger charge is -2.35. The first-order valence-electron chi connectivity index (χ1n) is 12.9. The smallest absolute Gasteiger partial charge is 0.225 e. The summed E-state index contributed by atoms with van der Waals surface area (Å²) in [6.45, 7) is 4.62. The zero-order chi connectivity index (χ0) is 20.9. The molecule has 1 saturated carbocycles. The van der Waals surface area contributed by atoms with E-state index in [4.69, 9.17) is 9.97 Å². The minimum Gasteiger partial charge on any atom is -0.356 e. The second kappa shape index (κ2) is 10.2. The molecule has 2 aliphatic heterocycles. The summed E-state index contributed by atoms with van der Waals surface area (Å²) >= 11 is 0. The van der Waals surface area contributed by atoms with Gasteiger partial charge in [-0.3, -0.25) is 4.90 Å². The maximum absolute atomic E-state index is 5.11. The zero-order valence-electron chi connectivity index (χ0n) is 19.1. The molecule has 2 aromatic rings. The highest BCUT2D eigenvalue weighted by Gasteiger charge is 2.26. The molecule has 0 bridgehead atoms. The molecule has 3 heterocycles. The van der Waals surface area contributed by atoms with Gasteiger partial charge >= 0.3 is 0 Å². The minimum absolute atomic E-state index is 0.447. The van der Waals surface area contributed by atoms with Gasteiger partial charge in [0.15, 0.2) is 0 Å². The van der Waals surface area contributed by atoms with Crippen LogP contribution in [0.1, 0.15) is 77.0 Å². The van der Waals surface area contributed by atoms with E-state index in [-0.39, 0.29) is 0 Å². The molecule has 168 valence electrons. The Morgan fingerprint density at radius 1 is 0.742 bits per heavy atom. The van der Waals surface area contributed by atoms with Crippen LogP contribution in [0.3, 0.4) is 0 Å². The molecule has 5 rings (SSSR count). The average molecular weight is 422 g/mol. The van der Waals surface area contributed by atoms with Gasteiger partial charge in [-0.25, -0.2) is 4.98 Å². The third kappa shape index (κ3) is 5.14. The molecule has 31 heavy (non-hydrogen) atoms. The number of nitrogens with zero attached hydrogens (tertiary/aromatic N) is 4. The lowest BCUT2D eigenvalue weighted by Crippen LogP contribution is -2.43. The predicted molar refractivity (Wildman–Crippen MR) is 130 cm³/mol. The van der Waals surface area contributed by atoms with Gasteiger partial charge in [0.05, 0.1) is 5.52 Å². The van der Waals surface area contributed by atoms with Crippen LogP contribution in [0.15, 0.2) is 24.3 Å². The van der Waals surface area contributed by atoms with Gasteiger partial charge < -0.3 is 10.2 Å². The summed E-state index contributed by atoms with van der Waals surface area (Å²) < 4.78 is 0. The number of hydrogen-bond donors (Lipinski definition) is 1. The summed E-state index contributed by atoms with van der Waals surface area (Å²) in [5.74, 6) is 1.96. The molecule has 5 heteroatoms. The van der Waals surface area contributed by atoms with Gasteiger partial charge in [-0.05, 0) is 57.2 Å². The van der Waals surface area contributed by atoms with Crippen molar-refractivity contribution >= 4 is 22.7 Å². The monoisotopic (exact) mass is 421 g/mol. The molecule has 0 amide bonds. The van der Waals surface area contributed by atoms with Crippen LogP contribution in [0.2, 0.25) is 0 Å². The summed E-state index contributed by atoms with van der Waals surface area (Å²) in [5.41, 5.74) is 1.07. The van der Waals surface area contributed by atoms with E-state index >= 15 is 0 Å². The van der Waals surface area contributed by atoms with E-state index in [2.05, 4.69) is 39.4 Å². The number of rotatable bonds is 4. The summed E-state index contributed by atoms with van der Waals surface area (Å²) in [6, 6.07) is 9.79. The molecule has 1 aromatic carbocycles. The van der Waals surface area contributed by atoms with Crippen molar-refractivity contribution in [3.05, 3.63) is 24.3 Å². The van der Waals surface area contributed by atoms with Gasteiger partial charge in [-0.2, -0.15) is 4.98 Å². The largest absolute Gasteiger partial charge is 0.356 e. The van der Waals surface area contributed by atoms with Crippen LogP contribution in [-0.4, -0.2) is 53.1 Å². The Labute approximate surface area is 187 Å². The molecule has 3 aliphatic rings. The van der Waals surface area contributed by atoms with Crippen LogP contribution in [0.25, 0.3) is 10.9 Å². The molecule has 2 saturated heterocycles. The van der Waals surface area contributed by atoms with Crippen molar-refractivity contribution < 1.29 is 0 Å². The third-order valence-corrected chi connectivity index (χ3v) is 7.62. The maximum Gasteiger partial charge on any atom is 0.225 e. The molecular weight excluding hydrogens is 382 g/mol. The number of hydrogen-bond acceptors (Lipinski definition) is 5. The molecule has 0 radical (unpaired) electrons.